The fraction of sp³-hybridized carbons (Fsp3) is 0.462. The molecule has 1 amide bonds. The van der Waals surface area contributed by atoms with Gasteiger partial charge < -0.3 is 10.1 Å². The minimum atomic E-state index is -0.0500. The third kappa shape index (κ3) is 4.77. The topological polar surface area (TPSA) is 38.3 Å². The maximum absolute atomic E-state index is 11.9. The molecular weight excluding hydrogens is 282 g/mol. The Labute approximate surface area is 111 Å². The molecule has 1 aromatic carbocycles. The Morgan fingerprint density at radius 3 is 2.94 bits per heavy atom. The molecule has 0 saturated carbocycles. The number of hydrogen-bond acceptors (Lipinski definition) is 2. The molecule has 0 saturated heterocycles. The lowest BCUT2D eigenvalue weighted by Gasteiger charge is -2.13. The van der Waals surface area contributed by atoms with Gasteiger partial charge in [0.1, 0.15) is 5.75 Å². The summed E-state index contributed by atoms with van der Waals surface area (Å²) in [5.74, 6) is 0.650. The van der Waals surface area contributed by atoms with E-state index in [2.05, 4.69) is 21.2 Å². The average molecular weight is 300 g/mol. The predicted octanol–water partition coefficient (Wildman–Crippen LogP) is 2.99. The number of rotatable bonds is 6. The SMILES string of the molecule is COc1cccc(C(=O)NC(C)CCCBr)c1. The Morgan fingerprint density at radius 1 is 1.53 bits per heavy atom. The summed E-state index contributed by atoms with van der Waals surface area (Å²) >= 11 is 3.38. The largest absolute Gasteiger partial charge is 0.497 e. The fourth-order valence-electron chi connectivity index (χ4n) is 1.53. The lowest BCUT2D eigenvalue weighted by atomic mass is 10.1. The highest BCUT2D eigenvalue weighted by molar-refractivity contribution is 9.09. The van der Waals surface area contributed by atoms with Crippen LogP contribution in [0.2, 0.25) is 0 Å². The lowest BCUT2D eigenvalue weighted by molar-refractivity contribution is 0.0938. The van der Waals surface area contributed by atoms with E-state index in [1.807, 2.05) is 19.1 Å². The first-order valence-corrected chi connectivity index (χ1v) is 6.80. The zero-order valence-electron chi connectivity index (χ0n) is 10.2. The van der Waals surface area contributed by atoms with Gasteiger partial charge in [-0.15, -0.1) is 0 Å². The van der Waals surface area contributed by atoms with Crippen molar-refractivity contribution in [2.24, 2.45) is 0 Å². The molecule has 0 aromatic heterocycles. The maximum Gasteiger partial charge on any atom is 0.251 e. The summed E-state index contributed by atoms with van der Waals surface area (Å²) < 4.78 is 5.09. The summed E-state index contributed by atoms with van der Waals surface area (Å²) in [7, 11) is 1.59. The maximum atomic E-state index is 11.9. The number of benzene rings is 1. The van der Waals surface area contributed by atoms with Crippen LogP contribution in [0.5, 0.6) is 5.75 Å². The number of hydrogen-bond donors (Lipinski definition) is 1. The summed E-state index contributed by atoms with van der Waals surface area (Å²) in [5, 5.41) is 3.93. The number of nitrogens with one attached hydrogen (secondary N) is 1. The van der Waals surface area contributed by atoms with Gasteiger partial charge in [0.05, 0.1) is 7.11 Å². The van der Waals surface area contributed by atoms with Crippen molar-refractivity contribution in [1.82, 2.24) is 5.32 Å². The zero-order chi connectivity index (χ0) is 12.7. The van der Waals surface area contributed by atoms with Crippen LogP contribution in [-0.2, 0) is 0 Å². The van der Waals surface area contributed by atoms with E-state index < -0.39 is 0 Å². The number of alkyl halides is 1. The van der Waals surface area contributed by atoms with E-state index in [4.69, 9.17) is 4.74 Å². The van der Waals surface area contributed by atoms with Crippen LogP contribution in [0.15, 0.2) is 24.3 Å². The van der Waals surface area contributed by atoms with E-state index in [9.17, 15) is 4.79 Å². The predicted molar refractivity (Wildman–Crippen MR) is 73.0 cm³/mol. The first-order valence-electron chi connectivity index (χ1n) is 5.68. The quantitative estimate of drug-likeness (QED) is 0.820. The van der Waals surface area contributed by atoms with Gasteiger partial charge in [-0.2, -0.15) is 0 Å². The molecule has 1 N–H and O–H groups in total. The summed E-state index contributed by atoms with van der Waals surface area (Å²) in [6.45, 7) is 2.01. The highest BCUT2D eigenvalue weighted by atomic mass is 79.9. The Balaban J connectivity index is 2.56. The van der Waals surface area contributed by atoms with E-state index in [0.29, 0.717) is 11.3 Å². The van der Waals surface area contributed by atoms with Crippen molar-refractivity contribution < 1.29 is 9.53 Å². The van der Waals surface area contributed by atoms with Crippen molar-refractivity contribution in [3.05, 3.63) is 29.8 Å². The van der Waals surface area contributed by atoms with Gasteiger partial charge >= 0.3 is 0 Å². The average Bonchev–Trinajstić information content (AvgIpc) is 2.36. The molecule has 1 atom stereocenters. The number of carbonyl (C=O) groups is 1. The smallest absolute Gasteiger partial charge is 0.251 e. The van der Waals surface area contributed by atoms with Crippen molar-refractivity contribution in [3.8, 4) is 5.75 Å². The van der Waals surface area contributed by atoms with Gasteiger partial charge in [0, 0.05) is 16.9 Å². The van der Waals surface area contributed by atoms with Gasteiger partial charge in [-0.3, -0.25) is 4.79 Å². The summed E-state index contributed by atoms with van der Waals surface area (Å²) in [6.07, 6.45) is 2.03. The Bertz CT molecular complexity index is 368. The molecule has 0 aliphatic heterocycles. The third-order valence-corrected chi connectivity index (χ3v) is 3.04. The molecule has 1 rings (SSSR count). The molecule has 1 aromatic rings. The molecule has 0 heterocycles. The monoisotopic (exact) mass is 299 g/mol. The number of ether oxygens (including phenoxy) is 1. The van der Waals surface area contributed by atoms with Crippen LogP contribution in [-0.4, -0.2) is 24.4 Å². The van der Waals surface area contributed by atoms with Crippen molar-refractivity contribution >= 4 is 21.8 Å². The molecule has 0 spiro atoms. The van der Waals surface area contributed by atoms with Crippen LogP contribution in [0.25, 0.3) is 0 Å². The number of methoxy groups -OCH3 is 1. The Morgan fingerprint density at radius 2 is 2.29 bits per heavy atom. The first-order chi connectivity index (χ1) is 8.17. The zero-order valence-corrected chi connectivity index (χ0v) is 11.8. The van der Waals surface area contributed by atoms with E-state index in [-0.39, 0.29) is 11.9 Å². The van der Waals surface area contributed by atoms with Gasteiger partial charge in [-0.1, -0.05) is 22.0 Å². The number of carbonyl (C=O) groups excluding carboxylic acids is 1. The van der Waals surface area contributed by atoms with Crippen LogP contribution in [0.4, 0.5) is 0 Å². The standard InChI is InChI=1S/C13H18BrNO2/c1-10(5-4-8-14)15-13(16)11-6-3-7-12(9-11)17-2/h3,6-7,9-10H,4-5,8H2,1-2H3,(H,15,16). The van der Waals surface area contributed by atoms with Crippen LogP contribution < -0.4 is 10.1 Å². The molecule has 17 heavy (non-hydrogen) atoms. The van der Waals surface area contributed by atoms with E-state index in [1.54, 1.807) is 19.2 Å². The molecular formula is C13H18BrNO2. The highest BCUT2D eigenvalue weighted by Crippen LogP contribution is 2.12. The van der Waals surface area contributed by atoms with E-state index in [1.165, 1.54) is 0 Å². The van der Waals surface area contributed by atoms with Gasteiger partial charge in [0.2, 0.25) is 0 Å². The molecule has 0 aliphatic carbocycles. The number of halogens is 1. The normalized spacial score (nSPS) is 11.9. The van der Waals surface area contributed by atoms with Crippen LogP contribution in [0.3, 0.4) is 0 Å². The lowest BCUT2D eigenvalue weighted by Crippen LogP contribution is -2.32. The van der Waals surface area contributed by atoms with Crippen molar-refractivity contribution in [2.45, 2.75) is 25.8 Å². The van der Waals surface area contributed by atoms with Gasteiger partial charge in [-0.25, -0.2) is 0 Å². The Kier molecular flexibility index (Phi) is 6.05. The molecule has 4 heteroatoms. The molecule has 0 radical (unpaired) electrons. The molecule has 1 unspecified atom stereocenters. The second-order valence-electron chi connectivity index (χ2n) is 3.94. The Hall–Kier alpha value is -1.03. The van der Waals surface area contributed by atoms with E-state index >= 15 is 0 Å². The summed E-state index contributed by atoms with van der Waals surface area (Å²) in [6, 6.07) is 7.36. The van der Waals surface area contributed by atoms with Crippen molar-refractivity contribution in [2.75, 3.05) is 12.4 Å². The van der Waals surface area contributed by atoms with Crippen molar-refractivity contribution in [1.29, 1.82) is 0 Å². The first kappa shape index (κ1) is 14.0. The van der Waals surface area contributed by atoms with E-state index in [0.717, 1.165) is 18.2 Å². The third-order valence-electron chi connectivity index (χ3n) is 2.48. The van der Waals surface area contributed by atoms with Crippen molar-refractivity contribution in [3.63, 3.8) is 0 Å². The van der Waals surface area contributed by atoms with Crippen LogP contribution in [0, 0.1) is 0 Å². The molecule has 0 fully saturated rings. The molecule has 94 valence electrons. The summed E-state index contributed by atoms with van der Waals surface area (Å²) in [4.78, 5) is 11.9. The highest BCUT2D eigenvalue weighted by Gasteiger charge is 2.09. The van der Waals surface area contributed by atoms with Gasteiger partial charge in [0.25, 0.3) is 5.91 Å². The number of amides is 1. The second-order valence-corrected chi connectivity index (χ2v) is 4.73. The molecule has 0 bridgehead atoms. The molecule has 3 nitrogen and oxygen atoms in total. The second kappa shape index (κ2) is 7.33. The van der Waals surface area contributed by atoms with Gasteiger partial charge in [-0.05, 0) is 38.0 Å². The fourth-order valence-corrected chi connectivity index (χ4v) is 1.85. The van der Waals surface area contributed by atoms with Crippen LogP contribution >= 0.6 is 15.9 Å². The van der Waals surface area contributed by atoms with Crippen LogP contribution in [0.1, 0.15) is 30.1 Å². The minimum absolute atomic E-state index is 0.0500. The van der Waals surface area contributed by atoms with Gasteiger partial charge in [0.15, 0.2) is 0 Å². The minimum Gasteiger partial charge on any atom is -0.497 e. The summed E-state index contributed by atoms with van der Waals surface area (Å²) in [5.41, 5.74) is 0.634. The molecule has 0 aliphatic rings.